The van der Waals surface area contributed by atoms with Crippen LogP contribution in [0.2, 0.25) is 5.02 Å². The SMILES string of the molecule is Cc1ccc(N2COc3ccc(C(=O)/C=C/c4ccccc4Cl)cc3C2)cc1. The van der Waals surface area contributed by atoms with E-state index in [-0.39, 0.29) is 5.78 Å². The van der Waals surface area contributed by atoms with Gasteiger partial charge in [0.05, 0.1) is 0 Å². The first-order valence-electron chi connectivity index (χ1n) is 9.14. The molecule has 28 heavy (non-hydrogen) atoms. The van der Waals surface area contributed by atoms with Gasteiger partial charge in [-0.15, -0.1) is 0 Å². The lowest BCUT2D eigenvalue weighted by atomic mass is 10.0. The highest BCUT2D eigenvalue weighted by atomic mass is 35.5. The maximum atomic E-state index is 12.6. The second kappa shape index (κ2) is 7.91. The van der Waals surface area contributed by atoms with Crippen LogP contribution in [0.4, 0.5) is 5.69 Å². The lowest BCUT2D eigenvalue weighted by Crippen LogP contribution is -2.31. The molecule has 1 aliphatic rings. The van der Waals surface area contributed by atoms with Gasteiger partial charge in [0.15, 0.2) is 12.5 Å². The molecule has 0 bridgehead atoms. The molecule has 1 heterocycles. The zero-order valence-electron chi connectivity index (χ0n) is 15.6. The summed E-state index contributed by atoms with van der Waals surface area (Å²) in [5.41, 5.74) is 4.79. The summed E-state index contributed by atoms with van der Waals surface area (Å²) in [5, 5.41) is 0.624. The quantitative estimate of drug-likeness (QED) is 0.411. The molecule has 1 aliphatic heterocycles. The van der Waals surface area contributed by atoms with Crippen LogP contribution in [0.3, 0.4) is 0 Å². The number of fused-ring (bicyclic) bond motifs is 1. The van der Waals surface area contributed by atoms with Gasteiger partial charge in [0.1, 0.15) is 5.75 Å². The molecule has 0 aliphatic carbocycles. The summed E-state index contributed by atoms with van der Waals surface area (Å²) in [7, 11) is 0. The minimum absolute atomic E-state index is 0.0600. The van der Waals surface area contributed by atoms with Crippen molar-refractivity contribution in [1.82, 2.24) is 0 Å². The van der Waals surface area contributed by atoms with Gasteiger partial charge in [0.2, 0.25) is 0 Å². The smallest absolute Gasteiger partial charge is 0.185 e. The van der Waals surface area contributed by atoms with Crippen LogP contribution >= 0.6 is 11.6 Å². The highest BCUT2D eigenvalue weighted by Gasteiger charge is 2.19. The Kier molecular flexibility index (Phi) is 5.18. The molecule has 140 valence electrons. The van der Waals surface area contributed by atoms with Crippen LogP contribution in [0.25, 0.3) is 6.08 Å². The molecule has 0 aromatic heterocycles. The molecular formula is C24H20ClNO2. The Morgan fingerprint density at radius 2 is 1.86 bits per heavy atom. The van der Waals surface area contributed by atoms with E-state index in [9.17, 15) is 4.79 Å². The largest absolute Gasteiger partial charge is 0.473 e. The third kappa shape index (κ3) is 3.95. The van der Waals surface area contributed by atoms with Crippen molar-refractivity contribution in [2.24, 2.45) is 0 Å². The number of benzene rings is 3. The molecule has 0 saturated carbocycles. The zero-order valence-corrected chi connectivity index (χ0v) is 16.3. The highest BCUT2D eigenvalue weighted by molar-refractivity contribution is 6.32. The molecule has 0 unspecified atom stereocenters. The number of hydrogen-bond acceptors (Lipinski definition) is 3. The summed E-state index contributed by atoms with van der Waals surface area (Å²) in [6.07, 6.45) is 3.31. The fourth-order valence-electron chi connectivity index (χ4n) is 3.19. The number of halogens is 1. The summed E-state index contributed by atoms with van der Waals surface area (Å²) in [6, 6.07) is 21.4. The molecule has 0 saturated heterocycles. The second-order valence-electron chi connectivity index (χ2n) is 6.85. The number of ether oxygens (including phenoxy) is 1. The molecule has 3 aromatic carbocycles. The van der Waals surface area contributed by atoms with Crippen LogP contribution in [-0.2, 0) is 6.54 Å². The average molecular weight is 390 g/mol. The van der Waals surface area contributed by atoms with E-state index in [1.807, 2.05) is 36.4 Å². The summed E-state index contributed by atoms with van der Waals surface area (Å²) < 4.78 is 5.88. The molecule has 0 spiro atoms. The van der Waals surface area contributed by atoms with Gasteiger partial charge >= 0.3 is 0 Å². The predicted octanol–water partition coefficient (Wildman–Crippen LogP) is 5.90. The molecular weight excluding hydrogens is 370 g/mol. The molecule has 0 amide bonds. The van der Waals surface area contributed by atoms with Crippen LogP contribution in [0.15, 0.2) is 72.8 Å². The normalized spacial score (nSPS) is 13.3. The summed E-state index contributed by atoms with van der Waals surface area (Å²) in [6.45, 7) is 3.27. The first kappa shape index (κ1) is 18.3. The standard InChI is InChI=1S/C24H20ClNO2/c1-17-6-10-21(11-7-17)26-15-20-14-19(9-13-24(20)28-16-26)23(27)12-8-18-4-2-3-5-22(18)25/h2-14H,15-16H2,1H3/b12-8+. The van der Waals surface area contributed by atoms with E-state index in [0.717, 1.165) is 22.6 Å². The Balaban J connectivity index is 1.53. The van der Waals surface area contributed by atoms with Crippen molar-refractivity contribution in [3.63, 3.8) is 0 Å². The predicted molar refractivity (Wildman–Crippen MR) is 114 cm³/mol. The number of ketones is 1. The summed E-state index contributed by atoms with van der Waals surface area (Å²) in [4.78, 5) is 14.8. The van der Waals surface area contributed by atoms with Gasteiger partial charge in [-0.25, -0.2) is 0 Å². The zero-order chi connectivity index (χ0) is 19.5. The first-order valence-corrected chi connectivity index (χ1v) is 9.52. The molecule has 0 atom stereocenters. The first-order chi connectivity index (χ1) is 13.6. The minimum Gasteiger partial charge on any atom is -0.473 e. The van der Waals surface area contributed by atoms with E-state index in [1.165, 1.54) is 5.56 Å². The Labute approximate surface area is 169 Å². The van der Waals surface area contributed by atoms with E-state index in [4.69, 9.17) is 16.3 Å². The second-order valence-corrected chi connectivity index (χ2v) is 7.26. The average Bonchev–Trinajstić information content (AvgIpc) is 2.72. The lowest BCUT2D eigenvalue weighted by Gasteiger charge is -2.31. The highest BCUT2D eigenvalue weighted by Crippen LogP contribution is 2.29. The van der Waals surface area contributed by atoms with Gasteiger partial charge < -0.3 is 9.64 Å². The Morgan fingerprint density at radius 1 is 1.07 bits per heavy atom. The Morgan fingerprint density at radius 3 is 2.64 bits per heavy atom. The summed E-state index contributed by atoms with van der Waals surface area (Å²) >= 11 is 6.15. The van der Waals surface area contributed by atoms with Gasteiger partial charge in [0, 0.05) is 28.4 Å². The van der Waals surface area contributed by atoms with Gasteiger partial charge in [-0.3, -0.25) is 4.79 Å². The lowest BCUT2D eigenvalue weighted by molar-refractivity contribution is 0.104. The number of carbonyl (C=O) groups excluding carboxylic acids is 1. The van der Waals surface area contributed by atoms with Crippen LogP contribution in [0, 0.1) is 6.92 Å². The number of nitrogens with zero attached hydrogens (tertiary/aromatic N) is 1. The van der Waals surface area contributed by atoms with Gasteiger partial charge in [-0.05, 0) is 61.0 Å². The number of allylic oxidation sites excluding steroid dienone is 1. The molecule has 0 fully saturated rings. The third-order valence-electron chi connectivity index (χ3n) is 4.80. The third-order valence-corrected chi connectivity index (χ3v) is 5.14. The van der Waals surface area contributed by atoms with Gasteiger partial charge in [-0.1, -0.05) is 47.5 Å². The minimum atomic E-state index is -0.0600. The van der Waals surface area contributed by atoms with Crippen molar-refractivity contribution >= 4 is 29.1 Å². The summed E-state index contributed by atoms with van der Waals surface area (Å²) in [5.74, 6) is 0.769. The maximum Gasteiger partial charge on any atom is 0.185 e. The van der Waals surface area contributed by atoms with Crippen molar-refractivity contribution < 1.29 is 9.53 Å². The number of aryl methyl sites for hydroxylation is 1. The van der Waals surface area contributed by atoms with Crippen LogP contribution < -0.4 is 9.64 Å². The van der Waals surface area contributed by atoms with E-state index >= 15 is 0 Å². The van der Waals surface area contributed by atoms with Crippen LogP contribution in [0.1, 0.15) is 27.0 Å². The van der Waals surface area contributed by atoms with Crippen molar-refractivity contribution in [3.05, 3.63) is 100 Å². The molecule has 0 N–H and O–H groups in total. The molecule has 4 rings (SSSR count). The number of carbonyl (C=O) groups is 1. The molecule has 3 nitrogen and oxygen atoms in total. The van der Waals surface area contributed by atoms with E-state index < -0.39 is 0 Å². The topological polar surface area (TPSA) is 29.5 Å². The number of rotatable bonds is 4. The van der Waals surface area contributed by atoms with E-state index in [0.29, 0.717) is 23.9 Å². The van der Waals surface area contributed by atoms with Crippen molar-refractivity contribution in [2.45, 2.75) is 13.5 Å². The number of anilines is 1. The van der Waals surface area contributed by atoms with Crippen molar-refractivity contribution in [3.8, 4) is 5.75 Å². The monoisotopic (exact) mass is 389 g/mol. The van der Waals surface area contributed by atoms with Crippen molar-refractivity contribution in [2.75, 3.05) is 11.6 Å². The Hall–Kier alpha value is -3.04. The fourth-order valence-corrected chi connectivity index (χ4v) is 3.39. The van der Waals surface area contributed by atoms with E-state index in [1.54, 1.807) is 18.2 Å². The van der Waals surface area contributed by atoms with Gasteiger partial charge in [0.25, 0.3) is 0 Å². The van der Waals surface area contributed by atoms with Gasteiger partial charge in [-0.2, -0.15) is 0 Å². The van der Waals surface area contributed by atoms with Crippen molar-refractivity contribution in [1.29, 1.82) is 0 Å². The Bertz CT molecular complexity index is 1040. The maximum absolute atomic E-state index is 12.6. The fraction of sp³-hybridized carbons (Fsp3) is 0.125. The van der Waals surface area contributed by atoms with Crippen LogP contribution in [-0.4, -0.2) is 12.5 Å². The van der Waals surface area contributed by atoms with Crippen LogP contribution in [0.5, 0.6) is 5.75 Å². The molecule has 0 radical (unpaired) electrons. The van der Waals surface area contributed by atoms with E-state index in [2.05, 4.69) is 36.1 Å². The number of hydrogen-bond donors (Lipinski definition) is 0. The molecule has 4 heteroatoms. The molecule has 3 aromatic rings.